The molecule has 2 aromatic carbocycles. The van der Waals surface area contributed by atoms with Crippen molar-refractivity contribution in [2.45, 2.75) is 26.2 Å². The number of rotatable bonds is 3. The first kappa shape index (κ1) is 15.0. The molecule has 0 aliphatic rings. The topological polar surface area (TPSA) is 55.2 Å². The Kier molecular flexibility index (Phi) is 3.93. The molecule has 0 amide bonds. The summed E-state index contributed by atoms with van der Waals surface area (Å²) in [5.41, 5.74) is 1.86. The van der Waals surface area contributed by atoms with Gasteiger partial charge in [-0.25, -0.2) is 4.39 Å². The van der Waals surface area contributed by atoms with Gasteiger partial charge in [0, 0.05) is 17.4 Å². The summed E-state index contributed by atoms with van der Waals surface area (Å²) in [4.78, 5) is 10.2. The largest absolute Gasteiger partial charge is 0.355 e. The predicted octanol–water partition coefficient (Wildman–Crippen LogP) is 4.78. The van der Waals surface area contributed by atoms with Gasteiger partial charge in [0.05, 0.1) is 11.0 Å². The van der Waals surface area contributed by atoms with E-state index >= 15 is 0 Å². The number of nitro groups is 1. The normalized spacial score (nSPS) is 11.2. The Bertz CT molecular complexity index is 678. The number of nitrogens with one attached hydrogen (secondary N) is 1. The molecule has 0 radical (unpaired) electrons. The summed E-state index contributed by atoms with van der Waals surface area (Å²) in [6.07, 6.45) is 0. The molecule has 0 unspecified atom stereocenters. The first-order valence-corrected chi connectivity index (χ1v) is 6.59. The van der Waals surface area contributed by atoms with Gasteiger partial charge in [0.1, 0.15) is 5.82 Å². The van der Waals surface area contributed by atoms with Crippen LogP contribution in [0.5, 0.6) is 0 Å². The van der Waals surface area contributed by atoms with Gasteiger partial charge in [-0.3, -0.25) is 10.1 Å². The van der Waals surface area contributed by atoms with Crippen molar-refractivity contribution in [3.8, 4) is 0 Å². The predicted molar refractivity (Wildman–Crippen MR) is 81.5 cm³/mol. The molecule has 0 spiro atoms. The van der Waals surface area contributed by atoms with Crippen molar-refractivity contribution in [2.24, 2.45) is 0 Å². The summed E-state index contributed by atoms with van der Waals surface area (Å²) in [5, 5.41) is 13.9. The highest BCUT2D eigenvalue weighted by Gasteiger charge is 2.18. The van der Waals surface area contributed by atoms with Gasteiger partial charge in [-0.2, -0.15) is 0 Å². The van der Waals surface area contributed by atoms with Crippen molar-refractivity contribution in [3.05, 3.63) is 64.0 Å². The van der Waals surface area contributed by atoms with Crippen molar-refractivity contribution in [3.63, 3.8) is 0 Å². The minimum Gasteiger partial charge on any atom is -0.355 e. The van der Waals surface area contributed by atoms with E-state index in [-0.39, 0.29) is 11.1 Å². The number of halogens is 1. The minimum absolute atomic E-state index is 0.0944. The maximum Gasteiger partial charge on any atom is 0.274 e. The van der Waals surface area contributed by atoms with Crippen LogP contribution >= 0.6 is 0 Å². The number of nitrogens with zero attached hydrogens (tertiary/aromatic N) is 1. The zero-order valence-corrected chi connectivity index (χ0v) is 12.2. The molecule has 2 rings (SSSR count). The molecular weight excluding hydrogens is 271 g/mol. The van der Waals surface area contributed by atoms with E-state index in [2.05, 4.69) is 26.1 Å². The van der Waals surface area contributed by atoms with Gasteiger partial charge >= 0.3 is 0 Å². The van der Waals surface area contributed by atoms with Gasteiger partial charge in [-0.05, 0) is 23.1 Å². The molecule has 0 saturated heterocycles. The van der Waals surface area contributed by atoms with Gasteiger partial charge < -0.3 is 5.32 Å². The second-order valence-corrected chi connectivity index (χ2v) is 5.88. The van der Waals surface area contributed by atoms with Crippen LogP contribution in [0.4, 0.5) is 21.5 Å². The van der Waals surface area contributed by atoms with E-state index < -0.39 is 10.7 Å². The highest BCUT2D eigenvalue weighted by Crippen LogP contribution is 2.32. The summed E-state index contributed by atoms with van der Waals surface area (Å²) in [7, 11) is 0. The van der Waals surface area contributed by atoms with Gasteiger partial charge in [0.2, 0.25) is 0 Å². The van der Waals surface area contributed by atoms with Crippen LogP contribution in [-0.2, 0) is 5.41 Å². The fourth-order valence-corrected chi connectivity index (χ4v) is 2.15. The Balaban J connectivity index is 2.42. The zero-order chi connectivity index (χ0) is 15.6. The number of non-ortho nitro benzene ring substituents is 1. The zero-order valence-electron chi connectivity index (χ0n) is 12.2. The number of benzene rings is 2. The number of anilines is 2. The van der Waals surface area contributed by atoms with E-state index in [1.165, 1.54) is 12.1 Å². The maximum absolute atomic E-state index is 13.5. The Morgan fingerprint density at radius 2 is 1.81 bits per heavy atom. The standard InChI is InChI=1S/C16H17FN2O2/c1-16(2,3)14-6-4-5-7-15(14)18-12-8-11(17)9-13(10-12)19(20)21/h4-10,18H,1-3H3. The molecule has 0 aliphatic carbocycles. The van der Waals surface area contributed by atoms with Gasteiger partial charge in [-0.1, -0.05) is 39.0 Å². The SMILES string of the molecule is CC(C)(C)c1ccccc1Nc1cc(F)cc([N+](=O)[O-])c1. The summed E-state index contributed by atoms with van der Waals surface area (Å²) < 4.78 is 13.5. The second kappa shape index (κ2) is 5.52. The van der Waals surface area contributed by atoms with E-state index in [4.69, 9.17) is 0 Å². The fourth-order valence-electron chi connectivity index (χ4n) is 2.15. The van der Waals surface area contributed by atoms with Crippen molar-refractivity contribution in [2.75, 3.05) is 5.32 Å². The molecule has 0 fully saturated rings. The van der Waals surface area contributed by atoms with Crippen molar-refractivity contribution < 1.29 is 9.31 Å². The second-order valence-electron chi connectivity index (χ2n) is 5.88. The van der Waals surface area contributed by atoms with Crippen molar-refractivity contribution in [1.82, 2.24) is 0 Å². The lowest BCUT2D eigenvalue weighted by Gasteiger charge is -2.23. The average molecular weight is 288 g/mol. The van der Waals surface area contributed by atoms with Crippen LogP contribution in [-0.4, -0.2) is 4.92 Å². The molecule has 0 bridgehead atoms. The Morgan fingerprint density at radius 3 is 2.43 bits per heavy atom. The third-order valence-electron chi connectivity index (χ3n) is 3.11. The third kappa shape index (κ3) is 3.56. The Hall–Kier alpha value is -2.43. The van der Waals surface area contributed by atoms with Crippen LogP contribution in [0.3, 0.4) is 0 Å². The highest BCUT2D eigenvalue weighted by atomic mass is 19.1. The molecule has 0 atom stereocenters. The molecule has 1 N–H and O–H groups in total. The number of hydrogen-bond acceptors (Lipinski definition) is 3. The van der Waals surface area contributed by atoms with E-state index in [0.29, 0.717) is 5.69 Å². The third-order valence-corrected chi connectivity index (χ3v) is 3.11. The van der Waals surface area contributed by atoms with Crippen LogP contribution in [0.25, 0.3) is 0 Å². The van der Waals surface area contributed by atoms with Crippen LogP contribution in [0.15, 0.2) is 42.5 Å². The molecule has 2 aromatic rings. The quantitative estimate of drug-likeness (QED) is 0.653. The molecule has 0 heterocycles. The maximum atomic E-state index is 13.5. The van der Waals surface area contributed by atoms with Crippen LogP contribution in [0.1, 0.15) is 26.3 Å². The summed E-state index contributed by atoms with van der Waals surface area (Å²) in [6, 6.07) is 11.1. The van der Waals surface area contributed by atoms with Crippen molar-refractivity contribution in [1.29, 1.82) is 0 Å². The molecule has 0 aromatic heterocycles. The van der Waals surface area contributed by atoms with Gasteiger partial charge in [0.25, 0.3) is 5.69 Å². The highest BCUT2D eigenvalue weighted by molar-refractivity contribution is 5.66. The molecule has 21 heavy (non-hydrogen) atoms. The molecule has 4 nitrogen and oxygen atoms in total. The summed E-state index contributed by atoms with van der Waals surface area (Å²) in [5.74, 6) is -0.639. The molecule has 110 valence electrons. The Labute approximate surface area is 122 Å². The van der Waals surface area contributed by atoms with Crippen LogP contribution < -0.4 is 5.32 Å². The van der Waals surface area contributed by atoms with Crippen molar-refractivity contribution >= 4 is 17.1 Å². The Morgan fingerprint density at radius 1 is 1.14 bits per heavy atom. The van der Waals surface area contributed by atoms with Gasteiger partial charge in [-0.15, -0.1) is 0 Å². The minimum atomic E-state index is -0.639. The van der Waals surface area contributed by atoms with Gasteiger partial charge in [0.15, 0.2) is 0 Å². The molecule has 0 saturated carbocycles. The smallest absolute Gasteiger partial charge is 0.274 e. The van der Waals surface area contributed by atoms with Crippen LogP contribution in [0.2, 0.25) is 0 Å². The first-order chi connectivity index (χ1) is 9.77. The summed E-state index contributed by atoms with van der Waals surface area (Å²) in [6.45, 7) is 6.21. The fraction of sp³-hybridized carbons (Fsp3) is 0.250. The molecule has 0 aliphatic heterocycles. The molecular formula is C16H17FN2O2. The average Bonchev–Trinajstić information content (AvgIpc) is 2.37. The first-order valence-electron chi connectivity index (χ1n) is 6.59. The summed E-state index contributed by atoms with van der Waals surface area (Å²) >= 11 is 0. The van der Waals surface area contributed by atoms with E-state index in [0.717, 1.165) is 17.3 Å². The lowest BCUT2D eigenvalue weighted by atomic mass is 9.86. The van der Waals surface area contributed by atoms with E-state index in [9.17, 15) is 14.5 Å². The van der Waals surface area contributed by atoms with E-state index in [1.807, 2.05) is 24.3 Å². The lowest BCUT2D eigenvalue weighted by Crippen LogP contribution is -2.13. The number of para-hydroxylation sites is 1. The van der Waals surface area contributed by atoms with Crippen LogP contribution in [0, 0.1) is 15.9 Å². The number of hydrogen-bond donors (Lipinski definition) is 1. The number of nitro benzene ring substituents is 1. The lowest BCUT2D eigenvalue weighted by molar-refractivity contribution is -0.385. The van der Waals surface area contributed by atoms with E-state index in [1.54, 1.807) is 0 Å². The molecule has 5 heteroatoms. The monoisotopic (exact) mass is 288 g/mol.